The molecule has 0 unspecified atom stereocenters. The van der Waals surface area contributed by atoms with Crippen LogP contribution in [-0.4, -0.2) is 9.78 Å². The molecule has 0 bridgehead atoms. The number of halogens is 4. The van der Waals surface area contributed by atoms with E-state index >= 15 is 0 Å². The second-order valence-corrected chi connectivity index (χ2v) is 4.46. The summed E-state index contributed by atoms with van der Waals surface area (Å²) in [6, 6.07) is 3.20. The van der Waals surface area contributed by atoms with Crippen LogP contribution in [-0.2, 0) is 12.7 Å². The minimum Gasteiger partial charge on any atom is -0.380 e. The normalized spacial score (nSPS) is 11.4. The van der Waals surface area contributed by atoms with Crippen LogP contribution in [0.2, 0.25) is 5.02 Å². The Morgan fingerprint density at radius 2 is 2.15 bits per heavy atom. The Balaban J connectivity index is 2.08. The molecule has 2 rings (SSSR count). The lowest BCUT2D eigenvalue weighted by molar-refractivity contribution is -0.137. The van der Waals surface area contributed by atoms with Gasteiger partial charge in [-0.25, -0.2) is 4.68 Å². The molecule has 3 nitrogen and oxygen atoms in total. The predicted molar refractivity (Wildman–Crippen MR) is 72.4 cm³/mol. The average molecular weight is 302 g/mol. The van der Waals surface area contributed by atoms with Gasteiger partial charge in [0.25, 0.3) is 0 Å². The third kappa shape index (κ3) is 3.33. The Kier molecular flexibility index (Phi) is 4.04. The van der Waals surface area contributed by atoms with E-state index in [2.05, 4.69) is 17.0 Å². The zero-order valence-corrected chi connectivity index (χ0v) is 11.0. The van der Waals surface area contributed by atoms with Gasteiger partial charge in [-0.15, -0.1) is 0 Å². The monoisotopic (exact) mass is 301 g/mol. The van der Waals surface area contributed by atoms with Gasteiger partial charge in [-0.05, 0) is 18.2 Å². The van der Waals surface area contributed by atoms with Crippen molar-refractivity contribution in [2.45, 2.75) is 12.7 Å². The van der Waals surface area contributed by atoms with Gasteiger partial charge in [-0.2, -0.15) is 18.3 Å². The number of anilines is 1. The number of alkyl halides is 3. The smallest absolute Gasteiger partial charge is 0.380 e. The van der Waals surface area contributed by atoms with Crippen LogP contribution in [0.15, 0.2) is 37.2 Å². The van der Waals surface area contributed by atoms with Crippen LogP contribution in [0.25, 0.3) is 6.20 Å². The average Bonchev–Trinajstić information content (AvgIpc) is 2.84. The van der Waals surface area contributed by atoms with Gasteiger partial charge in [0, 0.05) is 24.5 Å². The summed E-state index contributed by atoms with van der Waals surface area (Å²) in [7, 11) is 0. The highest BCUT2D eigenvalue weighted by atomic mass is 35.5. The molecular weight excluding hydrogens is 291 g/mol. The topological polar surface area (TPSA) is 29.9 Å². The second-order valence-electron chi connectivity index (χ2n) is 4.06. The van der Waals surface area contributed by atoms with Crippen molar-refractivity contribution in [1.82, 2.24) is 9.78 Å². The third-order valence-electron chi connectivity index (χ3n) is 2.62. The molecule has 0 radical (unpaired) electrons. The number of hydrogen-bond acceptors (Lipinski definition) is 2. The molecule has 0 aliphatic heterocycles. The van der Waals surface area contributed by atoms with E-state index in [0.717, 1.165) is 17.7 Å². The summed E-state index contributed by atoms with van der Waals surface area (Å²) in [5, 5.41) is 6.98. The van der Waals surface area contributed by atoms with E-state index in [-0.39, 0.29) is 5.02 Å². The SMILES string of the molecule is C=Cn1cc(CNc2ccc(C(F)(F)F)cc2Cl)cn1. The highest BCUT2D eigenvalue weighted by Crippen LogP contribution is 2.33. The van der Waals surface area contributed by atoms with Crippen LogP contribution in [0, 0.1) is 0 Å². The number of aromatic nitrogens is 2. The fourth-order valence-electron chi connectivity index (χ4n) is 1.60. The van der Waals surface area contributed by atoms with Crippen LogP contribution in [0.5, 0.6) is 0 Å². The number of benzene rings is 1. The molecule has 0 saturated carbocycles. The molecule has 1 aromatic heterocycles. The molecular formula is C13H11ClF3N3. The Hall–Kier alpha value is -1.95. The van der Waals surface area contributed by atoms with E-state index in [1.807, 2.05) is 0 Å². The maximum absolute atomic E-state index is 12.5. The highest BCUT2D eigenvalue weighted by Gasteiger charge is 2.30. The van der Waals surface area contributed by atoms with E-state index in [4.69, 9.17) is 11.6 Å². The van der Waals surface area contributed by atoms with Crippen LogP contribution < -0.4 is 5.32 Å². The molecule has 0 fully saturated rings. The molecule has 1 aromatic carbocycles. The standard InChI is InChI=1S/C13H11ClF3N3/c1-2-20-8-9(7-19-20)6-18-12-4-3-10(5-11(12)14)13(15,16)17/h2-5,7-8,18H,1,6H2. The zero-order chi connectivity index (χ0) is 14.8. The maximum Gasteiger partial charge on any atom is 0.416 e. The van der Waals surface area contributed by atoms with Gasteiger partial charge in [0.2, 0.25) is 0 Å². The third-order valence-corrected chi connectivity index (χ3v) is 2.93. The van der Waals surface area contributed by atoms with Crippen LogP contribution in [0.1, 0.15) is 11.1 Å². The Morgan fingerprint density at radius 3 is 2.70 bits per heavy atom. The molecule has 2 aromatic rings. The van der Waals surface area contributed by atoms with E-state index in [1.54, 1.807) is 12.4 Å². The van der Waals surface area contributed by atoms with Gasteiger partial charge in [0.15, 0.2) is 0 Å². The summed E-state index contributed by atoms with van der Waals surface area (Å²) < 4.78 is 39.0. The summed E-state index contributed by atoms with van der Waals surface area (Å²) in [4.78, 5) is 0. The number of nitrogens with zero attached hydrogens (tertiary/aromatic N) is 2. The zero-order valence-electron chi connectivity index (χ0n) is 10.3. The fourth-order valence-corrected chi connectivity index (χ4v) is 1.85. The van der Waals surface area contributed by atoms with E-state index < -0.39 is 11.7 Å². The molecule has 0 aliphatic carbocycles. The van der Waals surface area contributed by atoms with E-state index in [0.29, 0.717) is 12.2 Å². The van der Waals surface area contributed by atoms with Gasteiger partial charge in [-0.3, -0.25) is 0 Å². The van der Waals surface area contributed by atoms with Crippen molar-refractivity contribution in [2.75, 3.05) is 5.32 Å². The first-order chi connectivity index (χ1) is 9.40. The van der Waals surface area contributed by atoms with Crippen molar-refractivity contribution >= 4 is 23.5 Å². The van der Waals surface area contributed by atoms with Crippen molar-refractivity contribution in [3.05, 3.63) is 53.3 Å². The molecule has 106 valence electrons. The first-order valence-corrected chi connectivity index (χ1v) is 6.04. The summed E-state index contributed by atoms with van der Waals surface area (Å²) in [6.07, 6.45) is 0.520. The Bertz CT molecular complexity index is 620. The van der Waals surface area contributed by atoms with Crippen molar-refractivity contribution < 1.29 is 13.2 Å². The summed E-state index contributed by atoms with van der Waals surface area (Å²) >= 11 is 5.83. The van der Waals surface area contributed by atoms with Gasteiger partial charge in [0.1, 0.15) is 0 Å². The minimum absolute atomic E-state index is 0.0240. The molecule has 1 heterocycles. The van der Waals surface area contributed by atoms with Crippen LogP contribution in [0.4, 0.5) is 18.9 Å². The molecule has 0 amide bonds. The van der Waals surface area contributed by atoms with Crippen molar-refractivity contribution in [3.63, 3.8) is 0 Å². The molecule has 0 atom stereocenters. The van der Waals surface area contributed by atoms with Gasteiger partial charge in [-0.1, -0.05) is 18.2 Å². The molecule has 0 aliphatic rings. The number of hydrogen-bond donors (Lipinski definition) is 1. The first kappa shape index (κ1) is 14.5. The molecule has 0 spiro atoms. The molecule has 20 heavy (non-hydrogen) atoms. The van der Waals surface area contributed by atoms with Crippen molar-refractivity contribution in [2.24, 2.45) is 0 Å². The van der Waals surface area contributed by atoms with E-state index in [1.165, 1.54) is 16.9 Å². The summed E-state index contributed by atoms with van der Waals surface area (Å²) in [5.74, 6) is 0. The van der Waals surface area contributed by atoms with Gasteiger partial charge < -0.3 is 5.32 Å². The van der Waals surface area contributed by atoms with E-state index in [9.17, 15) is 13.2 Å². The molecule has 0 saturated heterocycles. The quantitative estimate of drug-likeness (QED) is 0.914. The largest absolute Gasteiger partial charge is 0.416 e. The second kappa shape index (κ2) is 5.58. The Labute approximate surface area is 118 Å². The summed E-state index contributed by atoms with van der Waals surface area (Å²) in [6.45, 7) is 3.96. The Morgan fingerprint density at radius 1 is 1.40 bits per heavy atom. The van der Waals surface area contributed by atoms with Crippen molar-refractivity contribution in [1.29, 1.82) is 0 Å². The van der Waals surface area contributed by atoms with Gasteiger partial charge in [0.05, 0.1) is 22.5 Å². The van der Waals surface area contributed by atoms with Crippen LogP contribution >= 0.6 is 11.6 Å². The minimum atomic E-state index is -4.40. The predicted octanol–water partition coefficient (Wildman–Crippen LogP) is 4.27. The molecule has 1 N–H and O–H groups in total. The lowest BCUT2D eigenvalue weighted by Gasteiger charge is -2.11. The molecule has 7 heteroatoms. The lowest BCUT2D eigenvalue weighted by Crippen LogP contribution is -2.06. The first-order valence-electron chi connectivity index (χ1n) is 5.66. The summed E-state index contributed by atoms with van der Waals surface area (Å²) in [5.41, 5.74) is 0.527. The highest BCUT2D eigenvalue weighted by molar-refractivity contribution is 6.33. The fraction of sp³-hybridized carbons (Fsp3) is 0.154. The van der Waals surface area contributed by atoms with Crippen LogP contribution in [0.3, 0.4) is 0 Å². The number of nitrogens with one attached hydrogen (secondary N) is 1. The maximum atomic E-state index is 12.5. The van der Waals surface area contributed by atoms with Crippen molar-refractivity contribution in [3.8, 4) is 0 Å². The number of rotatable bonds is 4. The lowest BCUT2D eigenvalue weighted by atomic mass is 10.2. The van der Waals surface area contributed by atoms with Gasteiger partial charge >= 0.3 is 6.18 Å².